The van der Waals surface area contributed by atoms with Crippen LogP contribution in [0.25, 0.3) is 6.08 Å². The summed E-state index contributed by atoms with van der Waals surface area (Å²) >= 11 is 5.82. The number of carbonyl (C=O) groups excluding carboxylic acids is 1. The maximum absolute atomic E-state index is 12.6. The summed E-state index contributed by atoms with van der Waals surface area (Å²) in [7, 11) is -4.13. The van der Waals surface area contributed by atoms with E-state index in [9.17, 15) is 18.5 Å². The normalized spacial score (nSPS) is 11.4. The van der Waals surface area contributed by atoms with E-state index >= 15 is 0 Å². The fourth-order valence-electron chi connectivity index (χ4n) is 2.96. The van der Waals surface area contributed by atoms with E-state index in [1.807, 2.05) is 19.1 Å². The number of benzene rings is 3. The lowest BCUT2D eigenvalue weighted by atomic mass is 10.1. The first kappa shape index (κ1) is 24.8. The Bertz CT molecular complexity index is 1380. The van der Waals surface area contributed by atoms with Gasteiger partial charge in [-0.3, -0.25) is 4.79 Å². The molecule has 0 bridgehead atoms. The smallest absolute Gasteiger partial charge is 0.339 e. The van der Waals surface area contributed by atoms with Gasteiger partial charge in [0.15, 0.2) is 11.5 Å². The Morgan fingerprint density at radius 2 is 1.82 bits per heavy atom. The van der Waals surface area contributed by atoms with Crippen molar-refractivity contribution < 1.29 is 22.1 Å². The molecule has 0 heterocycles. The molecular weight excluding hydrogens is 476 g/mol. The molecule has 0 radical (unpaired) electrons. The predicted molar refractivity (Wildman–Crippen MR) is 130 cm³/mol. The third-order valence-electron chi connectivity index (χ3n) is 4.52. The molecule has 0 saturated heterocycles. The highest BCUT2D eigenvalue weighted by Gasteiger charge is 2.20. The molecule has 7 nitrogen and oxygen atoms in total. The van der Waals surface area contributed by atoms with Crippen molar-refractivity contribution in [3.05, 3.63) is 88.5 Å². The number of hydrogen-bond donors (Lipinski definition) is 1. The van der Waals surface area contributed by atoms with Crippen molar-refractivity contribution >= 4 is 39.4 Å². The van der Waals surface area contributed by atoms with E-state index in [0.717, 1.165) is 5.56 Å². The van der Waals surface area contributed by atoms with Gasteiger partial charge in [0, 0.05) is 10.7 Å². The summed E-state index contributed by atoms with van der Waals surface area (Å²) in [6.45, 7) is 3.86. The van der Waals surface area contributed by atoms with Crippen molar-refractivity contribution in [3.8, 4) is 17.6 Å². The number of hydrogen-bond acceptors (Lipinski definition) is 6. The van der Waals surface area contributed by atoms with Gasteiger partial charge in [0.05, 0.1) is 6.61 Å². The summed E-state index contributed by atoms with van der Waals surface area (Å²) < 4.78 is 36.1. The number of carbonyl (C=O) groups is 1. The molecular formula is C25H21ClN2O5S. The van der Waals surface area contributed by atoms with Gasteiger partial charge < -0.3 is 14.2 Å². The summed E-state index contributed by atoms with van der Waals surface area (Å²) in [6, 6.07) is 19.1. The maximum atomic E-state index is 12.6. The van der Waals surface area contributed by atoms with E-state index < -0.39 is 16.0 Å². The largest absolute Gasteiger partial charge is 0.490 e. The van der Waals surface area contributed by atoms with Crippen LogP contribution in [0.3, 0.4) is 0 Å². The number of rotatable bonds is 8. The van der Waals surface area contributed by atoms with E-state index in [-0.39, 0.29) is 28.6 Å². The monoisotopic (exact) mass is 496 g/mol. The quantitative estimate of drug-likeness (QED) is 0.255. The minimum absolute atomic E-state index is 0.0309. The lowest BCUT2D eigenvalue weighted by molar-refractivity contribution is -0.112. The van der Waals surface area contributed by atoms with Gasteiger partial charge in [0.2, 0.25) is 0 Å². The van der Waals surface area contributed by atoms with Gasteiger partial charge in [0.25, 0.3) is 5.91 Å². The lowest BCUT2D eigenvalue weighted by Crippen LogP contribution is -2.13. The second-order valence-electron chi connectivity index (χ2n) is 7.12. The topological polar surface area (TPSA) is 105 Å². The highest BCUT2D eigenvalue weighted by Crippen LogP contribution is 2.32. The van der Waals surface area contributed by atoms with Gasteiger partial charge in [-0.15, -0.1) is 0 Å². The van der Waals surface area contributed by atoms with E-state index in [2.05, 4.69) is 5.32 Å². The Hall–Kier alpha value is -3.80. The van der Waals surface area contributed by atoms with Gasteiger partial charge in [-0.25, -0.2) is 0 Å². The molecule has 0 saturated carbocycles. The maximum Gasteiger partial charge on any atom is 0.339 e. The first-order valence-corrected chi connectivity index (χ1v) is 12.0. The van der Waals surface area contributed by atoms with E-state index in [1.165, 1.54) is 48.5 Å². The second-order valence-corrected chi connectivity index (χ2v) is 9.11. The van der Waals surface area contributed by atoms with Crippen molar-refractivity contribution in [2.24, 2.45) is 0 Å². The fourth-order valence-corrected chi connectivity index (χ4v) is 4.02. The summed E-state index contributed by atoms with van der Waals surface area (Å²) in [6.07, 6.45) is 1.38. The Labute approximate surface area is 203 Å². The minimum Gasteiger partial charge on any atom is -0.490 e. The fraction of sp³-hybridized carbons (Fsp3) is 0.120. The summed E-state index contributed by atoms with van der Waals surface area (Å²) in [5, 5.41) is 12.6. The number of ether oxygens (including phenoxy) is 1. The van der Waals surface area contributed by atoms with Crippen LogP contribution in [0.4, 0.5) is 5.69 Å². The number of aryl methyl sites for hydroxylation is 1. The van der Waals surface area contributed by atoms with E-state index in [1.54, 1.807) is 25.1 Å². The molecule has 1 amide bonds. The third kappa shape index (κ3) is 6.38. The first-order chi connectivity index (χ1) is 16.2. The summed E-state index contributed by atoms with van der Waals surface area (Å²) in [4.78, 5) is 12.5. The summed E-state index contributed by atoms with van der Waals surface area (Å²) in [5.41, 5.74) is 1.85. The Morgan fingerprint density at radius 3 is 2.47 bits per heavy atom. The molecule has 0 atom stereocenters. The van der Waals surface area contributed by atoms with Gasteiger partial charge in [-0.2, -0.15) is 13.7 Å². The van der Waals surface area contributed by atoms with Crippen LogP contribution in [0.5, 0.6) is 11.5 Å². The highest BCUT2D eigenvalue weighted by molar-refractivity contribution is 7.87. The first-order valence-electron chi connectivity index (χ1n) is 10.2. The molecule has 0 aliphatic heterocycles. The molecule has 0 unspecified atom stereocenters. The van der Waals surface area contributed by atoms with Gasteiger partial charge >= 0.3 is 10.1 Å². The third-order valence-corrected chi connectivity index (χ3v) is 6.02. The van der Waals surface area contributed by atoms with Gasteiger partial charge in [0.1, 0.15) is 16.5 Å². The molecule has 3 aromatic rings. The zero-order chi connectivity index (χ0) is 24.7. The van der Waals surface area contributed by atoms with Crippen molar-refractivity contribution in [2.75, 3.05) is 11.9 Å². The molecule has 0 fully saturated rings. The van der Waals surface area contributed by atoms with Gasteiger partial charge in [-0.05, 0) is 79.6 Å². The molecule has 174 valence electrons. The van der Waals surface area contributed by atoms with Crippen LogP contribution in [0.15, 0.2) is 77.2 Å². The zero-order valence-electron chi connectivity index (χ0n) is 18.4. The number of nitrogens with one attached hydrogen (secondary N) is 1. The molecule has 0 aliphatic carbocycles. The molecule has 0 aliphatic rings. The predicted octanol–water partition coefficient (Wildman–Crippen LogP) is 5.36. The van der Waals surface area contributed by atoms with Crippen molar-refractivity contribution in [1.82, 2.24) is 0 Å². The molecule has 0 aromatic heterocycles. The van der Waals surface area contributed by atoms with Crippen LogP contribution in [0.1, 0.15) is 18.1 Å². The molecule has 34 heavy (non-hydrogen) atoms. The molecule has 3 rings (SSSR count). The average molecular weight is 497 g/mol. The highest BCUT2D eigenvalue weighted by atomic mass is 35.5. The number of amides is 1. The van der Waals surface area contributed by atoms with Crippen LogP contribution in [-0.2, 0) is 14.9 Å². The Balaban J connectivity index is 1.87. The van der Waals surface area contributed by atoms with Crippen LogP contribution < -0.4 is 14.2 Å². The van der Waals surface area contributed by atoms with Crippen LogP contribution >= 0.6 is 11.6 Å². The van der Waals surface area contributed by atoms with Crippen molar-refractivity contribution in [3.63, 3.8) is 0 Å². The van der Waals surface area contributed by atoms with Crippen LogP contribution in [0, 0.1) is 18.3 Å². The Kier molecular flexibility index (Phi) is 7.95. The zero-order valence-corrected chi connectivity index (χ0v) is 20.0. The van der Waals surface area contributed by atoms with Crippen LogP contribution in [-0.4, -0.2) is 20.9 Å². The van der Waals surface area contributed by atoms with Gasteiger partial charge in [-0.1, -0.05) is 29.8 Å². The number of nitrogens with zero attached hydrogens (tertiary/aromatic N) is 1. The standard InChI is InChI=1S/C25H21ClN2O5S/c1-3-32-24-15-18(14-19(16-27)25(29)28-21-6-4-5-17(2)13-21)7-12-23(24)33-34(30,31)22-10-8-20(26)9-11-22/h4-15H,3H2,1-2H3,(H,28,29)/b19-14+. The molecule has 1 N–H and O–H groups in total. The summed E-state index contributed by atoms with van der Waals surface area (Å²) in [5.74, 6) is -0.460. The molecule has 9 heteroatoms. The number of anilines is 1. The number of nitriles is 1. The second kappa shape index (κ2) is 10.9. The van der Waals surface area contributed by atoms with Crippen molar-refractivity contribution in [1.29, 1.82) is 5.26 Å². The Morgan fingerprint density at radius 1 is 1.09 bits per heavy atom. The minimum atomic E-state index is -4.13. The number of halogens is 1. The SMILES string of the molecule is CCOc1cc(/C=C(\C#N)C(=O)Nc2cccc(C)c2)ccc1OS(=O)(=O)c1ccc(Cl)cc1. The average Bonchev–Trinajstić information content (AvgIpc) is 2.79. The van der Waals surface area contributed by atoms with E-state index in [4.69, 9.17) is 20.5 Å². The van der Waals surface area contributed by atoms with Crippen molar-refractivity contribution in [2.45, 2.75) is 18.7 Å². The molecule has 3 aromatic carbocycles. The molecule has 0 spiro atoms. The van der Waals surface area contributed by atoms with Crippen LogP contribution in [0.2, 0.25) is 5.02 Å². The lowest BCUT2D eigenvalue weighted by Gasteiger charge is -2.13. The van der Waals surface area contributed by atoms with E-state index in [0.29, 0.717) is 16.3 Å².